The van der Waals surface area contributed by atoms with E-state index in [1.54, 1.807) is 7.11 Å². The van der Waals surface area contributed by atoms with E-state index >= 15 is 0 Å². The summed E-state index contributed by atoms with van der Waals surface area (Å²) in [5.41, 5.74) is 3.28. The fraction of sp³-hybridized carbons (Fsp3) is 0.800. The molecule has 4 saturated carbocycles. The third-order valence-electron chi connectivity index (χ3n) is 11.4. The molecular weight excluding hydrogens is 438 g/mol. The van der Waals surface area contributed by atoms with Crippen LogP contribution in [0.2, 0.25) is 0 Å². The first-order valence-corrected chi connectivity index (χ1v) is 14.2. The van der Waals surface area contributed by atoms with Crippen molar-refractivity contribution in [2.45, 2.75) is 101 Å². The second-order valence-corrected chi connectivity index (χ2v) is 14.2. The van der Waals surface area contributed by atoms with Crippen molar-refractivity contribution in [1.29, 1.82) is 0 Å². The van der Waals surface area contributed by atoms with Gasteiger partial charge in [0, 0.05) is 34.9 Å². The van der Waals surface area contributed by atoms with Crippen molar-refractivity contribution < 1.29 is 18.9 Å². The van der Waals surface area contributed by atoms with E-state index in [0.29, 0.717) is 18.8 Å². The Hall–Kier alpha value is -1.30. The van der Waals surface area contributed by atoms with Crippen LogP contribution in [-0.4, -0.2) is 55.7 Å². The summed E-state index contributed by atoms with van der Waals surface area (Å²) >= 11 is 0. The molecule has 4 bridgehead atoms. The Morgan fingerprint density at radius 3 is 2.77 bits per heavy atom. The molecule has 3 aliphatic heterocycles. The molecule has 0 N–H and O–H groups in total. The van der Waals surface area contributed by atoms with Gasteiger partial charge in [-0.1, -0.05) is 26.8 Å². The Labute approximate surface area is 209 Å². The summed E-state index contributed by atoms with van der Waals surface area (Å²) in [6.07, 6.45) is 10.2. The molecule has 190 valence electrons. The van der Waals surface area contributed by atoms with E-state index in [4.69, 9.17) is 18.9 Å². The normalized spacial score (nSPS) is 45.0. The van der Waals surface area contributed by atoms with Crippen LogP contribution in [0.25, 0.3) is 0 Å². The number of hydrogen-bond acceptors (Lipinski definition) is 5. The minimum atomic E-state index is -0.252. The van der Waals surface area contributed by atoms with E-state index in [1.807, 2.05) is 0 Å². The van der Waals surface area contributed by atoms with Crippen LogP contribution in [0.4, 0.5) is 0 Å². The highest BCUT2D eigenvalue weighted by Gasteiger charge is 2.82. The number of rotatable bonds is 4. The standard InChI is InChI=1S/C30H41NO4/c1-27(2,3)15-22-20-14-28-9-10-30(20,34-17-33-22)26-29(28)11-12-31(16-18-5-6-18)23(28)13-19-7-8-21(32-4)25(35-26)24(19)29/h7-8,18,20,22-23,26H,5-6,9-17H2,1-4H3. The van der Waals surface area contributed by atoms with Crippen molar-refractivity contribution in [3.63, 3.8) is 0 Å². The number of methoxy groups -OCH3 is 1. The number of fused-ring (bicyclic) bond motifs is 1. The molecule has 0 radical (unpaired) electrons. The highest BCUT2D eigenvalue weighted by atomic mass is 16.7. The van der Waals surface area contributed by atoms with Crippen LogP contribution < -0.4 is 9.47 Å². The molecular formula is C30H41NO4. The molecule has 7 atom stereocenters. The molecule has 35 heavy (non-hydrogen) atoms. The van der Waals surface area contributed by atoms with E-state index in [1.165, 1.54) is 56.3 Å². The third-order valence-corrected chi connectivity index (χ3v) is 11.4. The highest BCUT2D eigenvalue weighted by molar-refractivity contribution is 5.63. The van der Waals surface area contributed by atoms with Gasteiger partial charge in [-0.05, 0) is 80.9 Å². The van der Waals surface area contributed by atoms with E-state index in [-0.39, 0.29) is 34.1 Å². The predicted molar refractivity (Wildman–Crippen MR) is 133 cm³/mol. The zero-order valence-electron chi connectivity index (χ0n) is 21.9. The van der Waals surface area contributed by atoms with Crippen LogP contribution in [0.1, 0.15) is 76.8 Å². The lowest BCUT2D eigenvalue weighted by Gasteiger charge is -2.75. The van der Waals surface area contributed by atoms with Crippen LogP contribution in [0.3, 0.4) is 0 Å². The van der Waals surface area contributed by atoms with Crippen molar-refractivity contribution in [2.75, 3.05) is 27.0 Å². The summed E-state index contributed by atoms with van der Waals surface area (Å²) in [6.45, 7) is 9.95. The largest absolute Gasteiger partial charge is 0.493 e. The first-order valence-electron chi connectivity index (χ1n) is 14.2. The second kappa shape index (κ2) is 6.76. The monoisotopic (exact) mass is 479 g/mol. The van der Waals surface area contributed by atoms with Crippen LogP contribution in [0.15, 0.2) is 12.1 Å². The maximum Gasteiger partial charge on any atom is 0.165 e. The number of benzene rings is 1. The minimum absolute atomic E-state index is 0.0492. The van der Waals surface area contributed by atoms with Gasteiger partial charge in [-0.25, -0.2) is 0 Å². The van der Waals surface area contributed by atoms with E-state index in [9.17, 15) is 0 Å². The summed E-state index contributed by atoms with van der Waals surface area (Å²) < 4.78 is 26.3. The first-order chi connectivity index (χ1) is 16.8. The molecule has 9 rings (SSSR count). The van der Waals surface area contributed by atoms with Gasteiger partial charge in [-0.2, -0.15) is 0 Å². The number of piperidine rings is 1. The van der Waals surface area contributed by atoms with Crippen LogP contribution in [-0.2, 0) is 21.3 Å². The molecule has 5 heteroatoms. The van der Waals surface area contributed by atoms with Gasteiger partial charge in [-0.15, -0.1) is 0 Å². The zero-order chi connectivity index (χ0) is 23.8. The Balaban J connectivity index is 1.32. The number of hydrogen-bond donors (Lipinski definition) is 0. The lowest BCUT2D eigenvalue weighted by atomic mass is 9.34. The average Bonchev–Trinajstić information content (AvgIpc) is 3.56. The van der Waals surface area contributed by atoms with Gasteiger partial charge in [0.25, 0.3) is 0 Å². The smallest absolute Gasteiger partial charge is 0.165 e. The van der Waals surface area contributed by atoms with Crippen LogP contribution in [0.5, 0.6) is 11.5 Å². The first kappa shape index (κ1) is 21.8. The summed E-state index contributed by atoms with van der Waals surface area (Å²) in [7, 11) is 1.79. The van der Waals surface area contributed by atoms with Gasteiger partial charge in [0.15, 0.2) is 11.5 Å². The quantitative estimate of drug-likeness (QED) is 0.602. The van der Waals surface area contributed by atoms with Crippen molar-refractivity contribution in [3.05, 3.63) is 23.3 Å². The van der Waals surface area contributed by atoms with Crippen molar-refractivity contribution >= 4 is 0 Å². The van der Waals surface area contributed by atoms with Gasteiger partial charge in [0.05, 0.1) is 13.2 Å². The molecule has 3 spiro atoms. The molecule has 0 amide bonds. The Morgan fingerprint density at radius 1 is 1.14 bits per heavy atom. The number of ether oxygens (including phenoxy) is 4. The Morgan fingerprint density at radius 2 is 2.00 bits per heavy atom. The molecule has 6 fully saturated rings. The average molecular weight is 480 g/mol. The summed E-state index contributed by atoms with van der Waals surface area (Å²) in [4.78, 5) is 2.92. The van der Waals surface area contributed by atoms with Crippen molar-refractivity contribution in [3.8, 4) is 11.5 Å². The van der Waals surface area contributed by atoms with Crippen LogP contribution in [0, 0.1) is 22.7 Å². The summed E-state index contributed by atoms with van der Waals surface area (Å²) in [6, 6.07) is 5.12. The fourth-order valence-corrected chi connectivity index (χ4v) is 10.1. The molecule has 5 aliphatic carbocycles. The van der Waals surface area contributed by atoms with Crippen molar-refractivity contribution in [1.82, 2.24) is 4.90 Å². The lowest BCUT2D eigenvalue weighted by Crippen LogP contribution is -2.82. The van der Waals surface area contributed by atoms with Gasteiger partial charge in [-0.3, -0.25) is 4.90 Å². The van der Waals surface area contributed by atoms with Gasteiger partial charge >= 0.3 is 0 Å². The molecule has 0 aromatic heterocycles. The van der Waals surface area contributed by atoms with Crippen molar-refractivity contribution in [2.24, 2.45) is 22.7 Å². The maximum absolute atomic E-state index is 7.17. The molecule has 8 aliphatic rings. The van der Waals surface area contributed by atoms with Crippen LogP contribution >= 0.6 is 0 Å². The maximum atomic E-state index is 7.17. The van der Waals surface area contributed by atoms with Gasteiger partial charge in [0.1, 0.15) is 18.5 Å². The molecule has 1 aromatic carbocycles. The SMILES string of the molecule is COc1ccc2c3c1OC1C45CCC6(CC4C(CC(C)(C)C)OCO5)C(C2)N(CC2CC2)CCC316. The lowest BCUT2D eigenvalue weighted by molar-refractivity contribution is -0.356. The molecule has 7 unspecified atom stereocenters. The second-order valence-electron chi connectivity index (χ2n) is 14.2. The van der Waals surface area contributed by atoms with E-state index in [2.05, 4.69) is 37.8 Å². The molecule has 2 saturated heterocycles. The minimum Gasteiger partial charge on any atom is -0.493 e. The molecule has 5 nitrogen and oxygen atoms in total. The predicted octanol–water partition coefficient (Wildman–Crippen LogP) is 5.08. The number of likely N-dealkylation sites (tertiary alicyclic amines) is 1. The zero-order valence-corrected chi connectivity index (χ0v) is 21.9. The van der Waals surface area contributed by atoms with Gasteiger partial charge in [0.2, 0.25) is 0 Å². The highest BCUT2D eigenvalue weighted by Crippen LogP contribution is 2.77. The topological polar surface area (TPSA) is 40.2 Å². The van der Waals surface area contributed by atoms with E-state index < -0.39 is 0 Å². The van der Waals surface area contributed by atoms with Gasteiger partial charge < -0.3 is 18.9 Å². The third kappa shape index (κ3) is 2.56. The fourth-order valence-electron chi connectivity index (χ4n) is 10.1. The number of nitrogens with zero attached hydrogens (tertiary/aromatic N) is 1. The Bertz CT molecular complexity index is 1080. The van der Waals surface area contributed by atoms with E-state index in [0.717, 1.165) is 36.7 Å². The Kier molecular flexibility index (Phi) is 4.20. The summed E-state index contributed by atoms with van der Waals surface area (Å²) in [5, 5.41) is 0. The molecule has 3 heterocycles. The summed E-state index contributed by atoms with van der Waals surface area (Å²) in [5.74, 6) is 3.27. The molecule has 1 aromatic rings.